The number of hydrogen-bond acceptors (Lipinski definition) is 3. The fourth-order valence-electron chi connectivity index (χ4n) is 2.22. The van der Waals surface area contributed by atoms with Crippen LogP contribution in [0, 0.1) is 6.92 Å². The zero-order valence-electron chi connectivity index (χ0n) is 11.3. The lowest BCUT2D eigenvalue weighted by atomic mass is 10.0. The maximum absolute atomic E-state index is 12.5. The number of ketones is 1. The van der Waals surface area contributed by atoms with E-state index in [0.29, 0.717) is 22.6 Å². The Bertz CT molecular complexity index is 755. The van der Waals surface area contributed by atoms with Crippen molar-refractivity contribution >= 4 is 29.0 Å². The zero-order valence-corrected chi connectivity index (χ0v) is 12.0. The molecular weight excluding hydrogens is 290 g/mol. The summed E-state index contributed by atoms with van der Waals surface area (Å²) in [6, 6.07) is 10.4. The molecule has 1 N–H and O–H groups in total. The Morgan fingerprint density at radius 1 is 1.29 bits per heavy atom. The number of fused-ring (bicyclic) bond motifs is 1. The summed E-state index contributed by atoms with van der Waals surface area (Å²) in [5.41, 5.74) is 2.41. The van der Waals surface area contributed by atoms with Crippen LogP contribution in [0.1, 0.15) is 21.5 Å². The molecule has 0 radical (unpaired) electrons. The molecule has 21 heavy (non-hydrogen) atoms. The number of carbonyl (C=O) groups is 2. The molecule has 2 aromatic carbocycles. The van der Waals surface area contributed by atoms with Crippen LogP contribution in [0.15, 0.2) is 36.4 Å². The molecule has 0 spiro atoms. The van der Waals surface area contributed by atoms with E-state index in [1.807, 2.05) is 19.1 Å². The fraction of sp³-hybridized carbons (Fsp3) is 0.125. The van der Waals surface area contributed by atoms with Crippen LogP contribution < -0.4 is 10.1 Å². The monoisotopic (exact) mass is 301 g/mol. The number of amides is 1. The standard InChI is InChI=1S/C16H12ClNO3/c1-9-3-2-4-10(5-9)16(20)11-6-14-13(7-12(11)17)18-15(19)8-21-14/h2-7H,8H2,1H3,(H,18,19). The Labute approximate surface area is 126 Å². The third-order valence-electron chi connectivity index (χ3n) is 3.23. The van der Waals surface area contributed by atoms with Crippen molar-refractivity contribution in [1.82, 2.24) is 0 Å². The van der Waals surface area contributed by atoms with Gasteiger partial charge >= 0.3 is 0 Å². The predicted octanol–water partition coefficient (Wildman–Crippen LogP) is 3.21. The van der Waals surface area contributed by atoms with Crippen LogP contribution in [0.25, 0.3) is 0 Å². The normalized spacial score (nSPS) is 13.1. The van der Waals surface area contributed by atoms with Crippen LogP contribution in [-0.2, 0) is 4.79 Å². The summed E-state index contributed by atoms with van der Waals surface area (Å²) in [7, 11) is 0. The van der Waals surface area contributed by atoms with Crippen molar-refractivity contribution in [2.75, 3.05) is 11.9 Å². The fourth-order valence-corrected chi connectivity index (χ4v) is 2.47. The van der Waals surface area contributed by atoms with E-state index < -0.39 is 0 Å². The van der Waals surface area contributed by atoms with E-state index in [-0.39, 0.29) is 23.3 Å². The minimum Gasteiger partial charge on any atom is -0.482 e. The molecule has 0 unspecified atom stereocenters. The first kappa shape index (κ1) is 13.6. The van der Waals surface area contributed by atoms with Gasteiger partial charge in [-0.05, 0) is 25.1 Å². The van der Waals surface area contributed by atoms with Crippen LogP contribution in [0.5, 0.6) is 5.75 Å². The van der Waals surface area contributed by atoms with Crippen molar-refractivity contribution in [2.24, 2.45) is 0 Å². The van der Waals surface area contributed by atoms with Crippen molar-refractivity contribution < 1.29 is 14.3 Å². The van der Waals surface area contributed by atoms with Gasteiger partial charge in [0, 0.05) is 11.1 Å². The molecule has 3 rings (SSSR count). The number of benzene rings is 2. The number of carbonyl (C=O) groups excluding carboxylic acids is 2. The van der Waals surface area contributed by atoms with Gasteiger partial charge in [0.05, 0.1) is 10.7 Å². The van der Waals surface area contributed by atoms with Gasteiger partial charge in [-0.1, -0.05) is 35.4 Å². The molecule has 0 atom stereocenters. The average molecular weight is 302 g/mol. The highest BCUT2D eigenvalue weighted by Crippen LogP contribution is 2.34. The molecule has 1 amide bonds. The topological polar surface area (TPSA) is 55.4 Å². The van der Waals surface area contributed by atoms with Gasteiger partial charge in [0.25, 0.3) is 5.91 Å². The highest BCUT2D eigenvalue weighted by Gasteiger charge is 2.21. The molecule has 0 aromatic heterocycles. The second-order valence-electron chi connectivity index (χ2n) is 4.86. The molecule has 0 aliphatic carbocycles. The van der Waals surface area contributed by atoms with E-state index in [2.05, 4.69) is 5.32 Å². The Balaban J connectivity index is 2.03. The summed E-state index contributed by atoms with van der Waals surface area (Å²) in [5.74, 6) is 0.0401. The quantitative estimate of drug-likeness (QED) is 0.867. The van der Waals surface area contributed by atoms with Crippen molar-refractivity contribution in [1.29, 1.82) is 0 Å². The van der Waals surface area contributed by atoms with Gasteiger partial charge < -0.3 is 10.1 Å². The number of halogens is 1. The minimum atomic E-state index is -0.240. The van der Waals surface area contributed by atoms with Gasteiger partial charge in [-0.2, -0.15) is 0 Å². The van der Waals surface area contributed by atoms with E-state index in [4.69, 9.17) is 16.3 Å². The summed E-state index contributed by atoms with van der Waals surface area (Å²) in [5, 5.41) is 2.94. The van der Waals surface area contributed by atoms with E-state index in [0.717, 1.165) is 5.56 Å². The highest BCUT2D eigenvalue weighted by molar-refractivity contribution is 6.35. The van der Waals surface area contributed by atoms with Crippen molar-refractivity contribution in [3.05, 3.63) is 58.1 Å². The van der Waals surface area contributed by atoms with Gasteiger partial charge in [0.1, 0.15) is 5.75 Å². The lowest BCUT2D eigenvalue weighted by Gasteiger charge is -2.19. The number of ether oxygens (including phenoxy) is 1. The maximum atomic E-state index is 12.5. The molecule has 1 aliphatic rings. The van der Waals surface area contributed by atoms with E-state index in [1.54, 1.807) is 18.2 Å². The van der Waals surface area contributed by atoms with Gasteiger partial charge in [0.15, 0.2) is 12.4 Å². The SMILES string of the molecule is Cc1cccc(C(=O)c2cc3c(cc2Cl)NC(=O)CO3)c1. The molecular formula is C16H12ClNO3. The van der Waals surface area contributed by atoms with E-state index in [1.165, 1.54) is 6.07 Å². The molecule has 0 bridgehead atoms. The first-order valence-corrected chi connectivity index (χ1v) is 6.80. The molecule has 106 valence electrons. The lowest BCUT2D eigenvalue weighted by molar-refractivity contribution is -0.118. The molecule has 5 heteroatoms. The summed E-state index contributed by atoms with van der Waals surface area (Å²) in [6.45, 7) is 1.86. The predicted molar refractivity (Wildman–Crippen MR) is 80.2 cm³/mol. The Morgan fingerprint density at radius 3 is 2.86 bits per heavy atom. The zero-order chi connectivity index (χ0) is 15.0. The second kappa shape index (κ2) is 5.22. The average Bonchev–Trinajstić information content (AvgIpc) is 2.45. The minimum absolute atomic E-state index is 0.0628. The van der Waals surface area contributed by atoms with Crippen LogP contribution in [0.3, 0.4) is 0 Å². The summed E-state index contributed by atoms with van der Waals surface area (Å²) < 4.78 is 5.32. The number of hydrogen-bond donors (Lipinski definition) is 1. The summed E-state index contributed by atoms with van der Waals surface area (Å²) in [4.78, 5) is 23.8. The number of anilines is 1. The molecule has 0 fully saturated rings. The maximum Gasteiger partial charge on any atom is 0.262 e. The Morgan fingerprint density at radius 2 is 2.10 bits per heavy atom. The second-order valence-corrected chi connectivity index (χ2v) is 5.27. The van der Waals surface area contributed by atoms with Crippen molar-refractivity contribution in [3.63, 3.8) is 0 Å². The highest BCUT2D eigenvalue weighted by atomic mass is 35.5. The molecule has 2 aromatic rings. The molecule has 1 heterocycles. The van der Waals surface area contributed by atoms with Crippen molar-refractivity contribution in [2.45, 2.75) is 6.92 Å². The Hall–Kier alpha value is -2.33. The third-order valence-corrected chi connectivity index (χ3v) is 3.54. The third kappa shape index (κ3) is 2.62. The van der Waals surface area contributed by atoms with E-state index >= 15 is 0 Å². The van der Waals surface area contributed by atoms with Crippen LogP contribution in [-0.4, -0.2) is 18.3 Å². The van der Waals surface area contributed by atoms with Crippen molar-refractivity contribution in [3.8, 4) is 5.75 Å². The number of aryl methyl sites for hydroxylation is 1. The van der Waals surface area contributed by atoms with Gasteiger partial charge in [-0.15, -0.1) is 0 Å². The van der Waals surface area contributed by atoms with Gasteiger partial charge in [-0.3, -0.25) is 9.59 Å². The Kier molecular flexibility index (Phi) is 3.39. The first-order valence-electron chi connectivity index (χ1n) is 6.42. The molecule has 0 saturated heterocycles. The lowest BCUT2D eigenvalue weighted by Crippen LogP contribution is -2.25. The molecule has 0 saturated carbocycles. The summed E-state index contributed by atoms with van der Waals surface area (Å²) >= 11 is 6.17. The molecule has 4 nitrogen and oxygen atoms in total. The first-order chi connectivity index (χ1) is 10.0. The van der Waals surface area contributed by atoms with Gasteiger partial charge in [-0.25, -0.2) is 0 Å². The summed E-state index contributed by atoms with van der Waals surface area (Å²) in [6.07, 6.45) is 0. The van der Waals surface area contributed by atoms with Crippen LogP contribution in [0.2, 0.25) is 5.02 Å². The van der Waals surface area contributed by atoms with Crippen LogP contribution >= 0.6 is 11.6 Å². The largest absolute Gasteiger partial charge is 0.482 e. The van der Waals surface area contributed by atoms with Crippen LogP contribution in [0.4, 0.5) is 5.69 Å². The van der Waals surface area contributed by atoms with Gasteiger partial charge in [0.2, 0.25) is 0 Å². The smallest absolute Gasteiger partial charge is 0.262 e. The number of nitrogens with one attached hydrogen (secondary N) is 1. The molecule has 1 aliphatic heterocycles. The van der Waals surface area contributed by atoms with E-state index in [9.17, 15) is 9.59 Å². The number of rotatable bonds is 2.